The van der Waals surface area contributed by atoms with E-state index in [0.717, 1.165) is 28.5 Å². The average Bonchev–Trinajstić information content (AvgIpc) is 2.67. The van der Waals surface area contributed by atoms with Crippen molar-refractivity contribution in [3.8, 4) is 6.07 Å². The molecule has 0 atom stereocenters. The van der Waals surface area contributed by atoms with Crippen LogP contribution in [0.15, 0.2) is 34.7 Å². The van der Waals surface area contributed by atoms with Gasteiger partial charge in [-0.25, -0.2) is 0 Å². The first-order valence-electron chi connectivity index (χ1n) is 5.69. The number of hydrogen-bond donors (Lipinski definition) is 0. The SMILES string of the molecule is N#CCc1cccc2oc3cc4cc(c3c12)C4. The van der Waals surface area contributed by atoms with Crippen LogP contribution in [0.5, 0.6) is 0 Å². The van der Waals surface area contributed by atoms with Gasteiger partial charge in [-0.15, -0.1) is 0 Å². The summed E-state index contributed by atoms with van der Waals surface area (Å²) in [6.45, 7) is 0. The molecule has 2 heteroatoms. The van der Waals surface area contributed by atoms with E-state index in [9.17, 15) is 0 Å². The van der Waals surface area contributed by atoms with Gasteiger partial charge in [-0.1, -0.05) is 18.2 Å². The molecule has 2 bridgehead atoms. The Hall–Kier alpha value is -2.27. The molecular weight excluding hydrogens is 210 g/mol. The molecule has 2 aliphatic carbocycles. The van der Waals surface area contributed by atoms with Crippen molar-refractivity contribution in [2.24, 2.45) is 0 Å². The van der Waals surface area contributed by atoms with Gasteiger partial charge in [-0.3, -0.25) is 0 Å². The fourth-order valence-corrected chi connectivity index (χ4v) is 2.73. The summed E-state index contributed by atoms with van der Waals surface area (Å²) < 4.78 is 5.85. The molecule has 0 radical (unpaired) electrons. The monoisotopic (exact) mass is 219 g/mol. The molecule has 0 saturated heterocycles. The van der Waals surface area contributed by atoms with E-state index in [1.807, 2.05) is 18.2 Å². The van der Waals surface area contributed by atoms with E-state index in [1.165, 1.54) is 16.5 Å². The third kappa shape index (κ3) is 1.03. The third-order valence-electron chi connectivity index (χ3n) is 3.49. The van der Waals surface area contributed by atoms with Crippen LogP contribution in [0.4, 0.5) is 0 Å². The second-order valence-electron chi connectivity index (χ2n) is 4.53. The zero-order valence-corrected chi connectivity index (χ0v) is 9.16. The number of rotatable bonds is 1. The van der Waals surface area contributed by atoms with Gasteiger partial charge < -0.3 is 4.42 Å². The molecule has 2 nitrogen and oxygen atoms in total. The fraction of sp³-hybridized carbons (Fsp3) is 0.133. The summed E-state index contributed by atoms with van der Waals surface area (Å²) in [5.74, 6) is 0. The standard InChI is InChI=1S/C15H9NO/c16-5-4-10-2-1-3-12-14(10)15-11-6-9(7-11)8-13(15)17-12/h1-3,6,8H,4,7H2. The maximum Gasteiger partial charge on any atom is 0.136 e. The van der Waals surface area contributed by atoms with E-state index in [1.54, 1.807) is 0 Å². The average molecular weight is 219 g/mol. The highest BCUT2D eigenvalue weighted by Gasteiger charge is 2.20. The highest BCUT2D eigenvalue weighted by molar-refractivity contribution is 6.09. The molecule has 1 heterocycles. The lowest BCUT2D eigenvalue weighted by atomic mass is 9.88. The van der Waals surface area contributed by atoms with Crippen LogP contribution >= 0.6 is 0 Å². The molecule has 0 fully saturated rings. The quantitative estimate of drug-likeness (QED) is 0.491. The van der Waals surface area contributed by atoms with E-state index >= 15 is 0 Å². The first kappa shape index (κ1) is 8.83. The lowest BCUT2D eigenvalue weighted by Gasteiger charge is -2.15. The van der Waals surface area contributed by atoms with Crippen LogP contribution in [-0.2, 0) is 12.8 Å². The summed E-state index contributed by atoms with van der Waals surface area (Å²) in [7, 11) is 0. The molecule has 80 valence electrons. The van der Waals surface area contributed by atoms with Crippen molar-refractivity contribution in [2.75, 3.05) is 0 Å². The first-order chi connectivity index (χ1) is 8.36. The minimum atomic E-state index is 0.438. The number of hydrogen-bond acceptors (Lipinski definition) is 2. The zero-order chi connectivity index (χ0) is 11.4. The van der Waals surface area contributed by atoms with E-state index < -0.39 is 0 Å². The van der Waals surface area contributed by atoms with Crippen molar-refractivity contribution in [1.82, 2.24) is 0 Å². The van der Waals surface area contributed by atoms with E-state index in [-0.39, 0.29) is 0 Å². The number of nitrogens with zero attached hydrogens (tertiary/aromatic N) is 1. The highest BCUT2D eigenvalue weighted by Crippen LogP contribution is 2.39. The van der Waals surface area contributed by atoms with Crippen molar-refractivity contribution >= 4 is 21.9 Å². The molecule has 0 N–H and O–H groups in total. The molecule has 2 aromatic carbocycles. The second-order valence-corrected chi connectivity index (χ2v) is 4.53. The summed E-state index contributed by atoms with van der Waals surface area (Å²) in [5, 5.41) is 11.2. The van der Waals surface area contributed by atoms with E-state index in [0.29, 0.717) is 6.42 Å². The second kappa shape index (κ2) is 2.89. The van der Waals surface area contributed by atoms with Crippen LogP contribution in [0.1, 0.15) is 16.7 Å². The molecule has 0 amide bonds. The van der Waals surface area contributed by atoms with E-state index in [4.69, 9.17) is 9.68 Å². The smallest absolute Gasteiger partial charge is 0.136 e. The van der Waals surface area contributed by atoms with Crippen LogP contribution < -0.4 is 0 Å². The Morgan fingerprint density at radius 2 is 2.06 bits per heavy atom. The molecule has 17 heavy (non-hydrogen) atoms. The van der Waals surface area contributed by atoms with Gasteiger partial charge in [0.1, 0.15) is 11.2 Å². The van der Waals surface area contributed by atoms with Crippen LogP contribution in [0.25, 0.3) is 21.9 Å². The largest absolute Gasteiger partial charge is 0.456 e. The predicted octanol–water partition coefficient (Wildman–Crippen LogP) is 3.56. The summed E-state index contributed by atoms with van der Waals surface area (Å²) in [4.78, 5) is 0. The molecule has 0 saturated carbocycles. The maximum atomic E-state index is 8.89. The van der Waals surface area contributed by atoms with Crippen molar-refractivity contribution in [1.29, 1.82) is 5.26 Å². The molecule has 0 unspecified atom stereocenters. The Labute approximate surface area is 98.1 Å². The molecule has 0 spiro atoms. The van der Waals surface area contributed by atoms with Crippen LogP contribution in [0, 0.1) is 11.3 Å². The molecular formula is C15H9NO. The molecule has 0 aliphatic heterocycles. The van der Waals surface area contributed by atoms with Gasteiger partial charge in [0.2, 0.25) is 0 Å². The minimum absolute atomic E-state index is 0.438. The number of fused-ring (bicyclic) bond motifs is 1. The fourth-order valence-electron chi connectivity index (χ4n) is 2.73. The lowest BCUT2D eigenvalue weighted by molar-refractivity contribution is 0.667. The van der Waals surface area contributed by atoms with Gasteiger partial charge in [0, 0.05) is 10.8 Å². The summed E-state index contributed by atoms with van der Waals surface area (Å²) in [6.07, 6.45) is 1.48. The van der Waals surface area contributed by atoms with Crippen LogP contribution in [0.3, 0.4) is 0 Å². The lowest BCUT2D eigenvalue weighted by Crippen LogP contribution is -2.00. The van der Waals surface area contributed by atoms with Gasteiger partial charge in [-0.05, 0) is 35.2 Å². The van der Waals surface area contributed by atoms with Crippen LogP contribution in [-0.4, -0.2) is 0 Å². The topological polar surface area (TPSA) is 36.9 Å². The molecule has 3 aromatic rings. The van der Waals surface area contributed by atoms with Gasteiger partial charge in [0.25, 0.3) is 0 Å². The van der Waals surface area contributed by atoms with Crippen molar-refractivity contribution in [2.45, 2.75) is 12.8 Å². The van der Waals surface area contributed by atoms with Gasteiger partial charge in [0.05, 0.1) is 12.5 Å². The number of furan rings is 1. The van der Waals surface area contributed by atoms with Crippen molar-refractivity contribution in [3.63, 3.8) is 0 Å². The normalized spacial score (nSPS) is 12.6. The Bertz CT molecular complexity index is 805. The highest BCUT2D eigenvalue weighted by atomic mass is 16.3. The minimum Gasteiger partial charge on any atom is -0.456 e. The van der Waals surface area contributed by atoms with Crippen LogP contribution in [0.2, 0.25) is 0 Å². The Morgan fingerprint density at radius 3 is 2.88 bits per heavy atom. The Balaban J connectivity index is 2.23. The number of benzene rings is 2. The predicted molar refractivity (Wildman–Crippen MR) is 65.8 cm³/mol. The third-order valence-corrected chi connectivity index (χ3v) is 3.49. The first-order valence-corrected chi connectivity index (χ1v) is 5.69. The van der Waals surface area contributed by atoms with E-state index in [2.05, 4.69) is 18.2 Å². The van der Waals surface area contributed by atoms with Gasteiger partial charge in [0.15, 0.2) is 0 Å². The zero-order valence-electron chi connectivity index (χ0n) is 9.16. The van der Waals surface area contributed by atoms with Gasteiger partial charge in [-0.2, -0.15) is 5.26 Å². The summed E-state index contributed by atoms with van der Waals surface area (Å²) in [5.41, 5.74) is 5.62. The van der Waals surface area contributed by atoms with Crippen molar-refractivity contribution < 1.29 is 4.42 Å². The Morgan fingerprint density at radius 1 is 1.18 bits per heavy atom. The molecule has 1 aromatic heterocycles. The maximum absolute atomic E-state index is 8.89. The summed E-state index contributed by atoms with van der Waals surface area (Å²) >= 11 is 0. The van der Waals surface area contributed by atoms with Gasteiger partial charge >= 0.3 is 0 Å². The van der Waals surface area contributed by atoms with Crippen molar-refractivity contribution in [3.05, 3.63) is 47.0 Å². The number of nitriles is 1. The molecule has 5 rings (SSSR count). The molecule has 2 aliphatic rings. The summed E-state index contributed by atoms with van der Waals surface area (Å²) in [6, 6.07) is 12.5. The Kier molecular flexibility index (Phi) is 1.50.